The molecule has 7 nitrogen and oxygen atoms in total. The number of nitrogens with one attached hydrogen (secondary N) is 2. The van der Waals surface area contributed by atoms with E-state index in [1.807, 2.05) is 35.7 Å². The first-order valence-electron chi connectivity index (χ1n) is 11.5. The summed E-state index contributed by atoms with van der Waals surface area (Å²) in [5.41, 5.74) is 2.06. The summed E-state index contributed by atoms with van der Waals surface area (Å²) in [4.78, 5) is 33.7. The molecule has 8 heteroatoms. The number of thiophene rings is 1. The van der Waals surface area contributed by atoms with Crippen molar-refractivity contribution in [1.29, 1.82) is 0 Å². The van der Waals surface area contributed by atoms with Gasteiger partial charge in [0.15, 0.2) is 5.69 Å². The highest BCUT2D eigenvalue weighted by Crippen LogP contribution is 2.26. The van der Waals surface area contributed by atoms with E-state index < -0.39 is 11.9 Å². The van der Waals surface area contributed by atoms with Gasteiger partial charge in [0, 0.05) is 24.5 Å². The van der Waals surface area contributed by atoms with Gasteiger partial charge in [-0.05, 0) is 55.8 Å². The van der Waals surface area contributed by atoms with E-state index in [0.29, 0.717) is 18.1 Å². The predicted molar refractivity (Wildman–Crippen MR) is 132 cm³/mol. The lowest BCUT2D eigenvalue weighted by molar-refractivity contribution is -0.118. The lowest BCUT2D eigenvalue weighted by Crippen LogP contribution is -2.44. The van der Waals surface area contributed by atoms with Crippen LogP contribution in [0.3, 0.4) is 0 Å². The van der Waals surface area contributed by atoms with E-state index in [2.05, 4.69) is 33.5 Å². The average Bonchev–Trinajstić information content (AvgIpc) is 3.58. The number of nitrogens with zero attached hydrogens (tertiary/aromatic N) is 2. The van der Waals surface area contributed by atoms with Crippen LogP contribution in [0.15, 0.2) is 46.2 Å². The van der Waals surface area contributed by atoms with Crippen LogP contribution in [0.4, 0.5) is 11.4 Å². The lowest BCUT2D eigenvalue weighted by atomic mass is 10.1. The van der Waals surface area contributed by atoms with E-state index in [1.54, 1.807) is 6.92 Å². The van der Waals surface area contributed by atoms with Gasteiger partial charge in [0.2, 0.25) is 11.8 Å². The van der Waals surface area contributed by atoms with Crippen LogP contribution in [0.1, 0.15) is 55.3 Å². The van der Waals surface area contributed by atoms with E-state index >= 15 is 0 Å². The van der Waals surface area contributed by atoms with Crippen molar-refractivity contribution in [3.05, 3.63) is 53.2 Å². The molecule has 0 spiro atoms. The monoisotopic (exact) mass is 466 g/mol. The molecule has 1 aliphatic heterocycles. The van der Waals surface area contributed by atoms with Gasteiger partial charge >= 0.3 is 0 Å². The van der Waals surface area contributed by atoms with E-state index in [0.717, 1.165) is 42.2 Å². The van der Waals surface area contributed by atoms with Crippen molar-refractivity contribution in [2.75, 3.05) is 23.3 Å². The third-order valence-electron chi connectivity index (χ3n) is 5.80. The van der Waals surface area contributed by atoms with Gasteiger partial charge in [0.05, 0.1) is 4.88 Å². The highest BCUT2D eigenvalue weighted by atomic mass is 32.1. The number of amides is 2. The molecule has 1 fully saturated rings. The van der Waals surface area contributed by atoms with Crippen molar-refractivity contribution in [2.24, 2.45) is 0 Å². The Morgan fingerprint density at radius 2 is 2.03 bits per heavy atom. The quantitative estimate of drug-likeness (QED) is 0.450. The summed E-state index contributed by atoms with van der Waals surface area (Å²) in [5, 5.41) is 7.80. The van der Waals surface area contributed by atoms with E-state index in [4.69, 9.17) is 4.42 Å². The Kier molecular flexibility index (Phi) is 7.44. The van der Waals surface area contributed by atoms with Gasteiger partial charge in [-0.3, -0.25) is 9.59 Å². The topological polar surface area (TPSA) is 87.5 Å². The molecule has 2 aromatic heterocycles. The summed E-state index contributed by atoms with van der Waals surface area (Å²) in [7, 11) is 0. The van der Waals surface area contributed by atoms with E-state index in [9.17, 15) is 9.59 Å². The second-order valence-corrected chi connectivity index (χ2v) is 9.25. The molecule has 2 N–H and O–H groups in total. The van der Waals surface area contributed by atoms with Crippen LogP contribution >= 0.6 is 11.3 Å². The Hall–Kier alpha value is -3.13. The van der Waals surface area contributed by atoms with Crippen LogP contribution in [0.25, 0.3) is 10.8 Å². The summed E-state index contributed by atoms with van der Waals surface area (Å²) >= 11 is 1.50. The molecule has 1 unspecified atom stereocenters. The fourth-order valence-corrected chi connectivity index (χ4v) is 4.65. The van der Waals surface area contributed by atoms with Gasteiger partial charge in [-0.1, -0.05) is 31.9 Å². The Morgan fingerprint density at radius 1 is 1.21 bits per heavy atom. The van der Waals surface area contributed by atoms with Crippen molar-refractivity contribution in [3.8, 4) is 10.8 Å². The molecule has 0 saturated carbocycles. The maximum Gasteiger partial charge on any atom is 0.274 e. The zero-order valence-electron chi connectivity index (χ0n) is 19.1. The number of carbonyl (C=O) groups is 2. The minimum Gasteiger partial charge on any atom is -0.440 e. The maximum absolute atomic E-state index is 13.1. The molecule has 1 saturated heterocycles. The summed E-state index contributed by atoms with van der Waals surface area (Å²) < 4.78 is 5.69. The standard InChI is InChI=1S/C25H30N4O3S/c1-3-4-11-20(23(30)26-18-9-7-10-19(16-18)29-13-5-6-14-29)27-24(31)22-17(2)32-25(28-22)21-12-8-15-33-21/h7-10,12,15-16,20H,3-6,11,13-14H2,1-2H3,(H,26,30)(H,27,31). The second-order valence-electron chi connectivity index (χ2n) is 8.30. The Morgan fingerprint density at radius 3 is 2.76 bits per heavy atom. The van der Waals surface area contributed by atoms with E-state index in [-0.39, 0.29) is 11.6 Å². The number of aryl methyl sites for hydroxylation is 1. The van der Waals surface area contributed by atoms with Gasteiger partial charge < -0.3 is 20.0 Å². The third kappa shape index (κ3) is 5.63. The molecule has 3 aromatic rings. The van der Waals surface area contributed by atoms with Crippen LogP contribution < -0.4 is 15.5 Å². The van der Waals surface area contributed by atoms with Crippen LogP contribution in [0.2, 0.25) is 0 Å². The number of hydrogen-bond acceptors (Lipinski definition) is 6. The fourth-order valence-electron chi connectivity index (χ4n) is 4.00. The average molecular weight is 467 g/mol. The highest BCUT2D eigenvalue weighted by Gasteiger charge is 2.25. The molecule has 33 heavy (non-hydrogen) atoms. The predicted octanol–water partition coefficient (Wildman–Crippen LogP) is 5.24. The molecular formula is C25H30N4O3S. The van der Waals surface area contributed by atoms with Crippen LogP contribution in [-0.2, 0) is 4.79 Å². The molecule has 1 atom stereocenters. The van der Waals surface area contributed by atoms with Crippen LogP contribution in [-0.4, -0.2) is 35.9 Å². The normalized spacial score (nSPS) is 14.3. The van der Waals surface area contributed by atoms with Crippen LogP contribution in [0.5, 0.6) is 0 Å². The zero-order valence-corrected chi connectivity index (χ0v) is 19.9. The van der Waals surface area contributed by atoms with Crippen molar-refractivity contribution in [2.45, 2.75) is 52.0 Å². The van der Waals surface area contributed by atoms with Crippen molar-refractivity contribution in [1.82, 2.24) is 10.3 Å². The van der Waals surface area contributed by atoms with Gasteiger partial charge in [0.1, 0.15) is 11.8 Å². The minimum absolute atomic E-state index is 0.212. The Balaban J connectivity index is 1.46. The summed E-state index contributed by atoms with van der Waals surface area (Å²) in [5.74, 6) is 0.223. The fraction of sp³-hybridized carbons (Fsp3) is 0.400. The number of aromatic nitrogens is 1. The molecular weight excluding hydrogens is 436 g/mol. The summed E-state index contributed by atoms with van der Waals surface area (Å²) in [6.07, 6.45) is 4.68. The number of rotatable bonds is 9. The summed E-state index contributed by atoms with van der Waals surface area (Å²) in [6.45, 7) is 5.85. The molecule has 2 amide bonds. The molecule has 0 radical (unpaired) electrons. The molecule has 1 aliphatic rings. The highest BCUT2D eigenvalue weighted by molar-refractivity contribution is 7.13. The number of unbranched alkanes of at least 4 members (excludes halogenated alkanes) is 1. The second kappa shape index (κ2) is 10.7. The largest absolute Gasteiger partial charge is 0.440 e. The first kappa shape index (κ1) is 23.0. The number of benzene rings is 1. The number of hydrogen-bond donors (Lipinski definition) is 2. The Labute approximate surface area is 198 Å². The van der Waals surface area contributed by atoms with Gasteiger partial charge in [0.25, 0.3) is 5.91 Å². The minimum atomic E-state index is -0.658. The SMILES string of the molecule is CCCCC(NC(=O)c1nc(-c2cccs2)oc1C)C(=O)Nc1cccc(N2CCCC2)c1. The summed E-state index contributed by atoms with van der Waals surface area (Å²) in [6, 6.07) is 11.0. The molecule has 0 aliphatic carbocycles. The van der Waals surface area contributed by atoms with Crippen molar-refractivity contribution in [3.63, 3.8) is 0 Å². The zero-order chi connectivity index (χ0) is 23.2. The molecule has 174 valence electrons. The molecule has 3 heterocycles. The third-order valence-corrected chi connectivity index (χ3v) is 6.65. The number of anilines is 2. The van der Waals surface area contributed by atoms with Gasteiger partial charge in [-0.2, -0.15) is 0 Å². The van der Waals surface area contributed by atoms with Gasteiger partial charge in [-0.15, -0.1) is 11.3 Å². The number of oxazole rings is 1. The lowest BCUT2D eigenvalue weighted by Gasteiger charge is -2.20. The molecule has 4 rings (SSSR count). The molecule has 0 bridgehead atoms. The van der Waals surface area contributed by atoms with Crippen molar-refractivity contribution >= 4 is 34.5 Å². The maximum atomic E-state index is 13.1. The van der Waals surface area contributed by atoms with Crippen molar-refractivity contribution < 1.29 is 14.0 Å². The first-order chi connectivity index (χ1) is 16.0. The number of carbonyl (C=O) groups excluding carboxylic acids is 2. The van der Waals surface area contributed by atoms with Crippen LogP contribution in [0, 0.1) is 6.92 Å². The smallest absolute Gasteiger partial charge is 0.274 e. The van der Waals surface area contributed by atoms with Gasteiger partial charge in [-0.25, -0.2) is 4.98 Å². The van der Waals surface area contributed by atoms with E-state index in [1.165, 1.54) is 24.2 Å². The Bertz CT molecular complexity index is 1090. The molecule has 1 aromatic carbocycles. The first-order valence-corrected chi connectivity index (χ1v) is 12.4.